The van der Waals surface area contributed by atoms with Crippen LogP contribution in [0.4, 0.5) is 0 Å². The van der Waals surface area contributed by atoms with Crippen LogP contribution in [0.25, 0.3) is 0 Å². The lowest BCUT2D eigenvalue weighted by Crippen LogP contribution is -2.42. The topological polar surface area (TPSA) is 18.5 Å². The molecular formula is C30H30O2. The van der Waals surface area contributed by atoms with Crippen LogP contribution in [0.15, 0.2) is 121 Å². The minimum absolute atomic E-state index is 0.577. The van der Waals surface area contributed by atoms with Crippen molar-refractivity contribution in [3.63, 3.8) is 0 Å². The Bertz CT molecular complexity index is 998. The Morgan fingerprint density at radius 1 is 0.500 bits per heavy atom. The molecule has 0 radical (unpaired) electrons. The average Bonchev–Trinajstić information content (AvgIpc) is 2.89. The van der Waals surface area contributed by atoms with Crippen LogP contribution in [-0.2, 0) is 20.7 Å². The lowest BCUT2D eigenvalue weighted by Gasteiger charge is -2.44. The lowest BCUT2D eigenvalue weighted by molar-refractivity contribution is -0.0870. The summed E-state index contributed by atoms with van der Waals surface area (Å²) in [4.78, 5) is 0. The van der Waals surface area contributed by atoms with E-state index >= 15 is 0 Å². The van der Waals surface area contributed by atoms with Gasteiger partial charge in [-0.25, -0.2) is 0 Å². The normalized spacial score (nSPS) is 11.9. The molecule has 2 nitrogen and oxygen atoms in total. The fourth-order valence-corrected chi connectivity index (χ4v) is 4.69. The highest BCUT2D eigenvalue weighted by molar-refractivity contribution is 5.43. The van der Waals surface area contributed by atoms with Crippen molar-refractivity contribution in [2.75, 3.05) is 13.7 Å². The van der Waals surface area contributed by atoms with Gasteiger partial charge in [0.05, 0.1) is 0 Å². The molecule has 0 aliphatic rings. The van der Waals surface area contributed by atoms with Crippen LogP contribution in [0, 0.1) is 0 Å². The molecule has 4 aromatic rings. The van der Waals surface area contributed by atoms with Crippen molar-refractivity contribution in [3.05, 3.63) is 144 Å². The average molecular weight is 423 g/mol. The second-order valence-electron chi connectivity index (χ2n) is 7.93. The number of methoxy groups -OCH3 is 1. The first-order valence-electron chi connectivity index (χ1n) is 11.2. The second-order valence-corrected chi connectivity index (χ2v) is 7.93. The van der Waals surface area contributed by atoms with E-state index in [9.17, 15) is 0 Å². The maximum Gasteiger partial charge on any atom is 0.121 e. The third kappa shape index (κ3) is 4.12. The Labute approximate surface area is 191 Å². The molecule has 0 spiro atoms. The van der Waals surface area contributed by atoms with Crippen molar-refractivity contribution in [1.82, 2.24) is 0 Å². The summed E-state index contributed by atoms with van der Waals surface area (Å²) in [6.45, 7) is 2.63. The molecule has 0 N–H and O–H groups in total. The van der Waals surface area contributed by atoms with Gasteiger partial charge in [0.2, 0.25) is 0 Å². The zero-order valence-corrected chi connectivity index (χ0v) is 18.8. The Hall–Kier alpha value is -3.20. The van der Waals surface area contributed by atoms with Crippen LogP contribution in [0.2, 0.25) is 0 Å². The first kappa shape index (κ1) is 22.0. The van der Waals surface area contributed by atoms with E-state index in [2.05, 4.69) is 104 Å². The molecule has 0 unspecified atom stereocenters. The van der Waals surface area contributed by atoms with E-state index in [1.807, 2.05) is 24.3 Å². The molecule has 0 fully saturated rings. The van der Waals surface area contributed by atoms with E-state index in [-0.39, 0.29) is 0 Å². The Morgan fingerprint density at radius 3 is 1.09 bits per heavy atom. The van der Waals surface area contributed by atoms with E-state index in [0.717, 1.165) is 22.3 Å². The highest BCUT2D eigenvalue weighted by Crippen LogP contribution is 2.48. The Balaban J connectivity index is 1.99. The maximum absolute atomic E-state index is 6.72. The van der Waals surface area contributed by atoms with Gasteiger partial charge in [-0.05, 0) is 29.2 Å². The van der Waals surface area contributed by atoms with Crippen LogP contribution < -0.4 is 0 Å². The van der Waals surface area contributed by atoms with E-state index in [1.165, 1.54) is 0 Å². The van der Waals surface area contributed by atoms with Crippen LogP contribution in [0.3, 0.4) is 0 Å². The van der Waals surface area contributed by atoms with Crippen molar-refractivity contribution in [2.24, 2.45) is 0 Å². The van der Waals surface area contributed by atoms with Crippen LogP contribution >= 0.6 is 0 Å². The van der Waals surface area contributed by atoms with Crippen molar-refractivity contribution < 1.29 is 9.47 Å². The molecule has 0 bridgehead atoms. The number of benzene rings is 4. The molecule has 0 aliphatic carbocycles. The fourth-order valence-electron chi connectivity index (χ4n) is 4.69. The van der Waals surface area contributed by atoms with E-state index in [0.29, 0.717) is 13.0 Å². The fraction of sp³-hybridized carbons (Fsp3) is 0.200. The zero-order valence-electron chi connectivity index (χ0n) is 18.8. The van der Waals surface area contributed by atoms with Crippen molar-refractivity contribution in [3.8, 4) is 0 Å². The Morgan fingerprint density at radius 2 is 0.812 bits per heavy atom. The van der Waals surface area contributed by atoms with Crippen molar-refractivity contribution >= 4 is 0 Å². The minimum Gasteiger partial charge on any atom is -0.369 e. The van der Waals surface area contributed by atoms with Crippen molar-refractivity contribution in [2.45, 2.75) is 24.5 Å². The quantitative estimate of drug-likeness (QED) is 0.291. The smallest absolute Gasteiger partial charge is 0.121 e. The summed E-state index contributed by atoms with van der Waals surface area (Å²) in [5, 5.41) is 0. The number of hydrogen-bond donors (Lipinski definition) is 0. The highest BCUT2D eigenvalue weighted by atomic mass is 16.5. The molecular weight excluding hydrogens is 392 g/mol. The maximum atomic E-state index is 6.72. The number of hydrogen-bond acceptors (Lipinski definition) is 2. The van der Waals surface area contributed by atoms with E-state index in [4.69, 9.17) is 9.47 Å². The summed E-state index contributed by atoms with van der Waals surface area (Å²) in [6.07, 6.45) is 0.590. The predicted octanol–water partition coefficient (Wildman–Crippen LogP) is 6.95. The van der Waals surface area contributed by atoms with Gasteiger partial charge >= 0.3 is 0 Å². The standard InChI is InChI=1S/C30H30O2/c1-3-32-30(27-20-12-6-13-21-27,28-22-14-7-15-23-28)24-29(31-2,25-16-8-4-9-17-25)26-18-10-5-11-19-26/h4-23H,3,24H2,1-2H3. The highest BCUT2D eigenvalue weighted by Gasteiger charge is 2.46. The molecule has 162 valence electrons. The van der Waals surface area contributed by atoms with Gasteiger partial charge in [-0.1, -0.05) is 121 Å². The zero-order chi connectivity index (χ0) is 22.3. The minimum atomic E-state index is -0.705. The number of rotatable bonds is 9. The van der Waals surface area contributed by atoms with Gasteiger partial charge in [0.25, 0.3) is 0 Å². The molecule has 2 heteroatoms. The van der Waals surface area contributed by atoms with Gasteiger partial charge in [-0.2, -0.15) is 0 Å². The summed E-state index contributed by atoms with van der Waals surface area (Å²) >= 11 is 0. The van der Waals surface area contributed by atoms with Gasteiger partial charge in [-0.3, -0.25) is 0 Å². The lowest BCUT2D eigenvalue weighted by atomic mass is 9.72. The van der Waals surface area contributed by atoms with Crippen molar-refractivity contribution in [1.29, 1.82) is 0 Å². The SMILES string of the molecule is CCOC(CC(OC)(c1ccccc1)c1ccccc1)(c1ccccc1)c1ccccc1. The molecule has 4 rings (SSSR count). The summed E-state index contributed by atoms with van der Waals surface area (Å²) in [5.41, 5.74) is 3.03. The first-order valence-corrected chi connectivity index (χ1v) is 11.2. The van der Waals surface area contributed by atoms with Crippen LogP contribution in [0.5, 0.6) is 0 Å². The van der Waals surface area contributed by atoms with E-state index in [1.54, 1.807) is 7.11 Å². The molecule has 0 aliphatic heterocycles. The molecule has 4 aromatic carbocycles. The third-order valence-corrected chi connectivity index (χ3v) is 6.20. The molecule has 32 heavy (non-hydrogen) atoms. The molecule has 0 amide bonds. The molecule has 0 saturated carbocycles. The summed E-state index contributed by atoms with van der Waals surface area (Å²) in [6, 6.07) is 41.9. The Kier molecular flexibility index (Phi) is 6.84. The van der Waals surface area contributed by atoms with Gasteiger partial charge in [0, 0.05) is 20.1 Å². The van der Waals surface area contributed by atoms with Gasteiger partial charge in [0.1, 0.15) is 11.2 Å². The second kappa shape index (κ2) is 9.95. The van der Waals surface area contributed by atoms with Gasteiger partial charge in [-0.15, -0.1) is 0 Å². The van der Waals surface area contributed by atoms with Crippen LogP contribution in [-0.4, -0.2) is 13.7 Å². The molecule has 0 atom stereocenters. The summed E-state index contributed by atoms with van der Waals surface area (Å²) < 4.78 is 13.2. The summed E-state index contributed by atoms with van der Waals surface area (Å²) in [5.74, 6) is 0. The third-order valence-electron chi connectivity index (χ3n) is 6.20. The van der Waals surface area contributed by atoms with Gasteiger partial charge < -0.3 is 9.47 Å². The number of ether oxygens (including phenoxy) is 2. The molecule has 0 heterocycles. The molecule has 0 aromatic heterocycles. The van der Waals surface area contributed by atoms with E-state index < -0.39 is 11.2 Å². The predicted molar refractivity (Wildman–Crippen MR) is 131 cm³/mol. The van der Waals surface area contributed by atoms with Crippen LogP contribution in [0.1, 0.15) is 35.6 Å². The monoisotopic (exact) mass is 422 g/mol. The largest absolute Gasteiger partial charge is 0.369 e. The first-order chi connectivity index (χ1) is 15.7. The summed E-state index contributed by atoms with van der Waals surface area (Å²) in [7, 11) is 1.80. The molecule has 0 saturated heterocycles. The van der Waals surface area contributed by atoms with Gasteiger partial charge in [0.15, 0.2) is 0 Å².